The molecule has 0 radical (unpaired) electrons. The van der Waals surface area contributed by atoms with Crippen molar-refractivity contribution >= 4 is 65.4 Å². The summed E-state index contributed by atoms with van der Waals surface area (Å²) in [5, 5.41) is 7.68. The Hall–Kier alpha value is -9.18. The summed E-state index contributed by atoms with van der Waals surface area (Å²) in [6.07, 6.45) is 2.52. The molecule has 0 saturated carbocycles. The maximum absolute atomic E-state index is 2.43. The molecule has 0 aliphatic rings. The highest BCUT2D eigenvalue weighted by Gasteiger charge is 2.16. The third-order valence-corrected chi connectivity index (χ3v) is 15.1. The first-order chi connectivity index (χ1) is 36.1. The second kappa shape index (κ2) is 17.6. The Bertz CT molecular complexity index is 4050. The molecule has 0 fully saturated rings. The molecule has 3 heterocycles. The van der Waals surface area contributed by atoms with Gasteiger partial charge in [0.1, 0.15) is 0 Å². The molecule has 0 spiro atoms. The summed E-state index contributed by atoms with van der Waals surface area (Å²) in [5.41, 5.74) is 22.5. The Morgan fingerprint density at radius 2 is 0.479 bits per heavy atom. The highest BCUT2D eigenvalue weighted by molar-refractivity contribution is 6.11. The molecule has 0 atom stereocenters. The van der Waals surface area contributed by atoms with Gasteiger partial charge in [0.2, 0.25) is 0 Å². The summed E-state index contributed by atoms with van der Waals surface area (Å²) in [5.74, 6) is 0. The minimum atomic E-state index is 0.831. The minimum Gasteiger partial charge on any atom is -0.309 e. The lowest BCUT2D eigenvalue weighted by molar-refractivity contribution is 1.12. The maximum atomic E-state index is 2.43. The van der Waals surface area contributed by atoms with Gasteiger partial charge in [-0.15, -0.1) is 0 Å². The Kier molecular flexibility index (Phi) is 10.3. The smallest absolute Gasteiger partial charge is 0.0541 e. The lowest BCUT2D eigenvalue weighted by Crippen LogP contribution is -1.98. The van der Waals surface area contributed by atoms with Gasteiger partial charge in [-0.3, -0.25) is 0 Å². The third-order valence-electron chi connectivity index (χ3n) is 15.1. The normalized spacial score (nSPS) is 11.8. The minimum absolute atomic E-state index is 0.831. The van der Waals surface area contributed by atoms with Gasteiger partial charge in [0, 0.05) is 49.4 Å². The monoisotopic (exact) mass is 933 g/mol. The fraction of sp³-hybridized carbons (Fsp3) is 0.0571. The Morgan fingerprint density at radius 3 is 0.767 bits per heavy atom. The van der Waals surface area contributed by atoms with Gasteiger partial charge in [-0.2, -0.15) is 0 Å². The number of benzene rings is 11. The van der Waals surface area contributed by atoms with Gasteiger partial charge in [-0.05, 0) is 143 Å². The standard InChI is InChI=1S/C70H51N3/c1-47-38-51(40-48-26-32-56(33-27-48)71-65-20-8-2-14-59(65)60-15-3-9-21-66(60)71)44-54(39-47)55-45-52(41-49-28-34-57(35-29-49)72-67-22-10-4-16-61(67)62-17-5-11-23-68(62)72)43-53(46-55)42-50-30-36-58(37-31-50)73-69-24-12-6-18-63(69)64-19-7-13-25-70(64)73/h2-39,43-46H,40-42H2,1H3. The van der Waals surface area contributed by atoms with Crippen LogP contribution in [-0.4, -0.2) is 13.7 Å². The van der Waals surface area contributed by atoms with Crippen LogP contribution in [0, 0.1) is 6.92 Å². The topological polar surface area (TPSA) is 14.8 Å². The van der Waals surface area contributed by atoms with Crippen molar-refractivity contribution in [2.75, 3.05) is 0 Å². The van der Waals surface area contributed by atoms with E-state index in [0.29, 0.717) is 0 Å². The number of fused-ring (bicyclic) bond motifs is 9. The number of hydrogen-bond donors (Lipinski definition) is 0. The Labute approximate surface area is 425 Å². The molecule has 0 N–H and O–H groups in total. The summed E-state index contributed by atoms with van der Waals surface area (Å²) >= 11 is 0. The summed E-state index contributed by atoms with van der Waals surface area (Å²) < 4.78 is 7.19. The first-order valence-corrected chi connectivity index (χ1v) is 25.5. The van der Waals surface area contributed by atoms with Gasteiger partial charge < -0.3 is 13.7 Å². The second-order valence-corrected chi connectivity index (χ2v) is 19.9. The molecular formula is C70H51N3. The van der Waals surface area contributed by atoms with Gasteiger partial charge in [-0.1, -0.05) is 188 Å². The van der Waals surface area contributed by atoms with Gasteiger partial charge in [0.25, 0.3) is 0 Å². The van der Waals surface area contributed by atoms with Crippen molar-refractivity contribution in [3.63, 3.8) is 0 Å². The van der Waals surface area contributed by atoms with Crippen LogP contribution < -0.4 is 0 Å². The van der Waals surface area contributed by atoms with Crippen LogP contribution >= 0.6 is 0 Å². The van der Waals surface area contributed by atoms with E-state index < -0.39 is 0 Å². The Balaban J connectivity index is 0.799. The first-order valence-electron chi connectivity index (χ1n) is 25.5. The number of hydrogen-bond acceptors (Lipinski definition) is 0. The summed E-state index contributed by atoms with van der Waals surface area (Å²) in [6.45, 7) is 2.24. The third kappa shape index (κ3) is 7.60. The zero-order valence-corrected chi connectivity index (χ0v) is 40.7. The second-order valence-electron chi connectivity index (χ2n) is 19.9. The number of rotatable bonds is 10. The quantitative estimate of drug-likeness (QED) is 0.130. The van der Waals surface area contributed by atoms with Crippen LogP contribution in [-0.2, 0) is 19.3 Å². The predicted octanol–water partition coefficient (Wildman–Crippen LogP) is 17.7. The van der Waals surface area contributed by atoms with Crippen LogP contribution in [0.4, 0.5) is 0 Å². The van der Waals surface area contributed by atoms with Crippen molar-refractivity contribution in [2.45, 2.75) is 26.2 Å². The van der Waals surface area contributed by atoms with E-state index in [4.69, 9.17) is 0 Å². The van der Waals surface area contributed by atoms with Crippen LogP contribution in [0.2, 0.25) is 0 Å². The van der Waals surface area contributed by atoms with Crippen molar-refractivity contribution in [2.24, 2.45) is 0 Å². The van der Waals surface area contributed by atoms with E-state index in [1.165, 1.54) is 133 Å². The van der Waals surface area contributed by atoms with Gasteiger partial charge in [-0.25, -0.2) is 0 Å². The van der Waals surface area contributed by atoms with E-state index >= 15 is 0 Å². The molecular weight excluding hydrogens is 883 g/mol. The van der Waals surface area contributed by atoms with Crippen LogP contribution in [0.5, 0.6) is 0 Å². The molecule has 0 amide bonds. The highest BCUT2D eigenvalue weighted by Crippen LogP contribution is 2.36. The summed E-state index contributed by atoms with van der Waals surface area (Å²) in [6, 6.07) is 94.4. The molecule has 0 saturated heterocycles. The lowest BCUT2D eigenvalue weighted by atomic mass is 9.91. The van der Waals surface area contributed by atoms with Crippen molar-refractivity contribution in [1.82, 2.24) is 13.7 Å². The summed E-state index contributed by atoms with van der Waals surface area (Å²) in [7, 11) is 0. The Morgan fingerprint density at radius 1 is 0.233 bits per heavy atom. The van der Waals surface area contributed by atoms with Crippen LogP contribution in [0.1, 0.15) is 38.9 Å². The zero-order valence-electron chi connectivity index (χ0n) is 40.7. The lowest BCUT2D eigenvalue weighted by Gasteiger charge is -2.14. The number of para-hydroxylation sites is 6. The van der Waals surface area contributed by atoms with Crippen LogP contribution in [0.25, 0.3) is 93.6 Å². The molecule has 0 bridgehead atoms. The van der Waals surface area contributed by atoms with E-state index in [9.17, 15) is 0 Å². The zero-order chi connectivity index (χ0) is 48.4. The molecule has 3 heteroatoms. The highest BCUT2D eigenvalue weighted by atomic mass is 15.0. The van der Waals surface area contributed by atoms with Crippen molar-refractivity contribution in [3.05, 3.63) is 294 Å². The average Bonchev–Trinajstić information content (AvgIpc) is 4.08. The molecule has 73 heavy (non-hydrogen) atoms. The fourth-order valence-electron chi connectivity index (χ4n) is 11.9. The average molecular weight is 934 g/mol. The van der Waals surface area contributed by atoms with Crippen LogP contribution in [0.3, 0.4) is 0 Å². The van der Waals surface area contributed by atoms with E-state index in [1.54, 1.807) is 0 Å². The molecule has 0 aliphatic carbocycles. The molecule has 11 aromatic carbocycles. The van der Waals surface area contributed by atoms with E-state index in [2.05, 4.69) is 275 Å². The molecule has 346 valence electrons. The van der Waals surface area contributed by atoms with E-state index in [0.717, 1.165) is 19.3 Å². The fourth-order valence-corrected chi connectivity index (χ4v) is 11.9. The first kappa shape index (κ1) is 42.7. The number of aromatic nitrogens is 3. The van der Waals surface area contributed by atoms with Gasteiger partial charge in [0.05, 0.1) is 33.1 Å². The van der Waals surface area contributed by atoms with E-state index in [-0.39, 0.29) is 0 Å². The largest absolute Gasteiger partial charge is 0.309 e. The number of nitrogens with zero attached hydrogens (tertiary/aromatic N) is 3. The van der Waals surface area contributed by atoms with Gasteiger partial charge >= 0.3 is 0 Å². The number of aryl methyl sites for hydroxylation is 1. The van der Waals surface area contributed by atoms with Gasteiger partial charge in [0.15, 0.2) is 0 Å². The SMILES string of the molecule is Cc1cc(Cc2ccc(-n3c4ccccc4c4ccccc43)cc2)cc(-c2cc(Cc3ccc(-n4c5ccccc5c5ccccc54)cc3)cc(Cc3ccc(-n4c5ccccc5c5ccccc54)cc3)c2)c1. The predicted molar refractivity (Wildman–Crippen MR) is 307 cm³/mol. The van der Waals surface area contributed by atoms with Crippen molar-refractivity contribution < 1.29 is 0 Å². The molecule has 14 rings (SSSR count). The van der Waals surface area contributed by atoms with Crippen molar-refractivity contribution in [3.8, 4) is 28.2 Å². The molecule has 3 nitrogen and oxygen atoms in total. The summed E-state index contributed by atoms with van der Waals surface area (Å²) in [4.78, 5) is 0. The van der Waals surface area contributed by atoms with E-state index in [1.807, 2.05) is 0 Å². The molecule has 3 aromatic heterocycles. The van der Waals surface area contributed by atoms with Crippen LogP contribution in [0.15, 0.2) is 255 Å². The molecule has 14 aromatic rings. The molecule has 0 aliphatic heterocycles. The van der Waals surface area contributed by atoms with Crippen molar-refractivity contribution in [1.29, 1.82) is 0 Å². The maximum Gasteiger partial charge on any atom is 0.0541 e. The molecule has 0 unspecified atom stereocenters.